The van der Waals surface area contributed by atoms with Crippen LogP contribution in [0.15, 0.2) is 36.8 Å². The standard InChI is InChI=1S/C28H31FN10O3/c1-15-10-21(38-37-15)33-25-20-11-23(40)34-26(20)36-24(35-25)17-6-8-28(42-3,9-7-17)27(41)32-16(2)18-4-5-22(30-12-18)39-14-19(29)13-31-39/h4-5,10,12-14,16-17H,6-9,11H2,1-3H3,(H,32,41)(H3,33,34,35,36,37,38,40)/t16-,17?,28?/m0/s1. The maximum Gasteiger partial charge on any atom is 0.252 e. The average molecular weight is 575 g/mol. The van der Waals surface area contributed by atoms with Crippen LogP contribution in [-0.2, 0) is 20.7 Å². The van der Waals surface area contributed by atoms with Crippen molar-refractivity contribution in [1.82, 2.24) is 40.2 Å². The molecule has 0 unspecified atom stereocenters. The lowest BCUT2D eigenvalue weighted by atomic mass is 9.77. The van der Waals surface area contributed by atoms with Gasteiger partial charge in [-0.25, -0.2) is 24.0 Å². The Labute approximate surface area is 240 Å². The summed E-state index contributed by atoms with van der Waals surface area (Å²) in [5, 5.41) is 20.2. The van der Waals surface area contributed by atoms with Crippen LogP contribution in [0.25, 0.3) is 5.82 Å². The molecule has 0 bridgehead atoms. The van der Waals surface area contributed by atoms with E-state index in [2.05, 4.69) is 41.2 Å². The van der Waals surface area contributed by atoms with E-state index in [1.165, 1.54) is 10.9 Å². The van der Waals surface area contributed by atoms with Gasteiger partial charge in [0.15, 0.2) is 17.5 Å². The van der Waals surface area contributed by atoms with E-state index in [-0.39, 0.29) is 30.2 Å². The van der Waals surface area contributed by atoms with Crippen LogP contribution >= 0.6 is 0 Å². The van der Waals surface area contributed by atoms with Crippen molar-refractivity contribution in [3.8, 4) is 5.82 Å². The Hall–Kier alpha value is -4.72. The van der Waals surface area contributed by atoms with Crippen molar-refractivity contribution in [2.45, 2.75) is 63.5 Å². The number of ether oxygens (including phenoxy) is 1. The molecule has 1 saturated carbocycles. The molecule has 1 fully saturated rings. The van der Waals surface area contributed by atoms with E-state index in [4.69, 9.17) is 9.72 Å². The molecule has 1 aliphatic carbocycles. The predicted octanol–water partition coefficient (Wildman–Crippen LogP) is 3.39. The van der Waals surface area contributed by atoms with E-state index < -0.39 is 11.4 Å². The average Bonchev–Trinajstić information content (AvgIpc) is 3.72. The normalized spacial score (nSPS) is 20.6. The lowest BCUT2D eigenvalue weighted by Crippen LogP contribution is -2.50. The van der Waals surface area contributed by atoms with Crippen LogP contribution in [0.4, 0.5) is 21.8 Å². The maximum atomic E-state index is 13.5. The second-order valence-electron chi connectivity index (χ2n) is 10.8. The van der Waals surface area contributed by atoms with E-state index >= 15 is 0 Å². The Morgan fingerprint density at radius 3 is 2.69 bits per heavy atom. The highest BCUT2D eigenvalue weighted by Gasteiger charge is 2.43. The number of aromatic nitrogens is 7. The fraction of sp³-hybridized carbons (Fsp3) is 0.393. The summed E-state index contributed by atoms with van der Waals surface area (Å²) in [7, 11) is 1.56. The van der Waals surface area contributed by atoms with Gasteiger partial charge in [0.25, 0.3) is 5.91 Å². The summed E-state index contributed by atoms with van der Waals surface area (Å²) < 4.78 is 20.5. The van der Waals surface area contributed by atoms with Gasteiger partial charge in [-0.1, -0.05) is 6.07 Å². The number of rotatable bonds is 8. The number of nitrogens with one attached hydrogen (secondary N) is 4. The molecule has 1 atom stereocenters. The van der Waals surface area contributed by atoms with Crippen LogP contribution < -0.4 is 16.0 Å². The van der Waals surface area contributed by atoms with Gasteiger partial charge in [0.05, 0.1) is 24.9 Å². The summed E-state index contributed by atoms with van der Waals surface area (Å²) >= 11 is 0. The van der Waals surface area contributed by atoms with Crippen molar-refractivity contribution in [2.75, 3.05) is 17.7 Å². The minimum atomic E-state index is -0.997. The van der Waals surface area contributed by atoms with Gasteiger partial charge in [0.2, 0.25) is 5.91 Å². The van der Waals surface area contributed by atoms with Crippen molar-refractivity contribution < 1.29 is 18.7 Å². The predicted molar refractivity (Wildman–Crippen MR) is 150 cm³/mol. The molecule has 0 radical (unpaired) electrons. The Bertz CT molecular complexity index is 1630. The summed E-state index contributed by atoms with van der Waals surface area (Å²) in [6.07, 6.45) is 6.38. The molecule has 0 aromatic carbocycles. The number of fused-ring (bicyclic) bond motifs is 1. The van der Waals surface area contributed by atoms with Crippen LogP contribution in [0, 0.1) is 12.7 Å². The van der Waals surface area contributed by atoms with Crippen LogP contribution in [-0.4, -0.2) is 59.5 Å². The Morgan fingerprint density at radius 1 is 1.24 bits per heavy atom. The molecule has 5 heterocycles. The Morgan fingerprint density at radius 2 is 2.05 bits per heavy atom. The van der Waals surface area contributed by atoms with Gasteiger partial charge in [0, 0.05) is 36.5 Å². The van der Waals surface area contributed by atoms with E-state index in [1.54, 1.807) is 19.4 Å². The highest BCUT2D eigenvalue weighted by atomic mass is 19.1. The third kappa shape index (κ3) is 5.32. The maximum absolute atomic E-state index is 13.5. The number of nitrogens with zero attached hydrogens (tertiary/aromatic N) is 6. The second-order valence-corrected chi connectivity index (χ2v) is 10.8. The van der Waals surface area contributed by atoms with Crippen LogP contribution in [0.1, 0.15) is 67.2 Å². The first kappa shape index (κ1) is 27.4. The van der Waals surface area contributed by atoms with Crippen molar-refractivity contribution >= 4 is 29.3 Å². The van der Waals surface area contributed by atoms with Crippen molar-refractivity contribution in [3.05, 3.63) is 65.3 Å². The molecule has 6 rings (SSSR count). The minimum Gasteiger partial charge on any atom is -0.368 e. The van der Waals surface area contributed by atoms with Gasteiger partial charge in [-0.2, -0.15) is 10.2 Å². The number of H-pyrrole nitrogens is 1. The lowest BCUT2D eigenvalue weighted by Gasteiger charge is -2.38. The third-order valence-corrected chi connectivity index (χ3v) is 7.94. The molecule has 0 spiro atoms. The quantitative estimate of drug-likeness (QED) is 0.247. The number of hydrogen-bond acceptors (Lipinski definition) is 9. The molecule has 14 heteroatoms. The molecule has 4 aromatic rings. The molecule has 42 heavy (non-hydrogen) atoms. The van der Waals surface area contributed by atoms with Crippen LogP contribution in [0.5, 0.6) is 0 Å². The highest BCUT2D eigenvalue weighted by Crippen LogP contribution is 2.41. The molecular weight excluding hydrogens is 543 g/mol. The number of anilines is 3. The highest BCUT2D eigenvalue weighted by molar-refractivity contribution is 5.99. The van der Waals surface area contributed by atoms with E-state index in [9.17, 15) is 14.0 Å². The van der Waals surface area contributed by atoms with E-state index in [1.807, 2.05) is 26.0 Å². The first-order valence-electron chi connectivity index (χ1n) is 13.8. The SMILES string of the molecule is COC1(C(=O)N[C@@H](C)c2ccc(-n3cc(F)cn3)nc2)CCC(c2nc3c(c(Nc4cc(C)[nH]n4)n2)CC(=O)N3)CC1. The summed E-state index contributed by atoms with van der Waals surface area (Å²) in [6, 6.07) is 5.07. The number of methoxy groups -OCH3 is 1. The summed E-state index contributed by atoms with van der Waals surface area (Å²) in [4.78, 5) is 39.5. The first-order chi connectivity index (χ1) is 20.2. The zero-order valence-corrected chi connectivity index (χ0v) is 23.4. The zero-order chi connectivity index (χ0) is 29.4. The van der Waals surface area contributed by atoms with Crippen molar-refractivity contribution in [1.29, 1.82) is 0 Å². The summed E-state index contributed by atoms with van der Waals surface area (Å²) in [5.74, 6) is 1.93. The molecule has 2 amide bonds. The molecule has 4 aromatic heterocycles. The smallest absolute Gasteiger partial charge is 0.252 e. The topological polar surface area (TPSA) is 165 Å². The molecule has 1 aliphatic heterocycles. The number of aromatic amines is 1. The number of carbonyl (C=O) groups excluding carboxylic acids is 2. The molecule has 0 saturated heterocycles. The third-order valence-electron chi connectivity index (χ3n) is 7.94. The van der Waals surface area contributed by atoms with Crippen molar-refractivity contribution in [2.24, 2.45) is 0 Å². The number of carbonyl (C=O) groups is 2. The fourth-order valence-electron chi connectivity index (χ4n) is 5.49. The summed E-state index contributed by atoms with van der Waals surface area (Å²) in [6.45, 7) is 3.78. The number of hydrogen-bond donors (Lipinski definition) is 4. The largest absolute Gasteiger partial charge is 0.368 e. The zero-order valence-electron chi connectivity index (χ0n) is 23.4. The van der Waals surface area contributed by atoms with Crippen LogP contribution in [0.3, 0.4) is 0 Å². The Balaban J connectivity index is 1.13. The summed E-state index contributed by atoms with van der Waals surface area (Å²) in [5.41, 5.74) is 1.40. The monoisotopic (exact) mass is 574 g/mol. The number of amides is 2. The number of aryl methyl sites for hydroxylation is 1. The van der Waals surface area contributed by atoms with Gasteiger partial charge < -0.3 is 20.7 Å². The number of pyridine rings is 1. The first-order valence-corrected chi connectivity index (χ1v) is 13.8. The van der Waals surface area contributed by atoms with Gasteiger partial charge in [-0.05, 0) is 51.2 Å². The minimum absolute atomic E-state index is 0.0216. The molecule has 218 valence electrons. The van der Waals surface area contributed by atoms with Gasteiger partial charge in [-0.3, -0.25) is 14.7 Å². The second kappa shape index (κ2) is 10.9. The van der Waals surface area contributed by atoms with Crippen molar-refractivity contribution in [3.63, 3.8) is 0 Å². The van der Waals surface area contributed by atoms with Gasteiger partial charge in [0.1, 0.15) is 23.1 Å². The van der Waals surface area contributed by atoms with Gasteiger partial charge in [-0.15, -0.1) is 0 Å². The molecular formula is C28H31FN10O3. The fourth-order valence-corrected chi connectivity index (χ4v) is 5.49. The van der Waals surface area contributed by atoms with Crippen LogP contribution in [0.2, 0.25) is 0 Å². The van der Waals surface area contributed by atoms with Gasteiger partial charge >= 0.3 is 0 Å². The molecule has 4 N–H and O–H groups in total. The molecule has 2 aliphatic rings. The molecule has 13 nitrogen and oxygen atoms in total. The number of halogens is 1. The van der Waals surface area contributed by atoms with E-state index in [0.29, 0.717) is 60.3 Å². The lowest BCUT2D eigenvalue weighted by molar-refractivity contribution is -0.148. The van der Waals surface area contributed by atoms with E-state index in [0.717, 1.165) is 17.5 Å². The Kier molecular flexibility index (Phi) is 7.14.